The summed E-state index contributed by atoms with van der Waals surface area (Å²) in [6.45, 7) is 0. The minimum Gasteiger partial charge on any atom is -0.550 e. The predicted octanol–water partition coefficient (Wildman–Crippen LogP) is 1.62. The van der Waals surface area contributed by atoms with Gasteiger partial charge in [0.05, 0.1) is 0 Å². The van der Waals surface area contributed by atoms with Gasteiger partial charge in [-0.2, -0.15) is 0 Å². The summed E-state index contributed by atoms with van der Waals surface area (Å²) in [5, 5.41) is 10.2. The van der Waals surface area contributed by atoms with Crippen LogP contribution in [0.2, 0.25) is 0 Å². The van der Waals surface area contributed by atoms with Gasteiger partial charge in [-0.05, 0) is 37.2 Å². The van der Waals surface area contributed by atoms with Gasteiger partial charge in [0.2, 0.25) is 0 Å². The van der Waals surface area contributed by atoms with Gasteiger partial charge >= 0.3 is 0 Å². The van der Waals surface area contributed by atoms with E-state index >= 15 is 0 Å². The number of halogens is 2. The molecule has 1 aliphatic carbocycles. The highest BCUT2D eigenvalue weighted by molar-refractivity contribution is 6.56. The Morgan fingerprint density at radius 2 is 2.25 bits per heavy atom. The smallest absolute Gasteiger partial charge is 0.106 e. The van der Waals surface area contributed by atoms with Gasteiger partial charge in [0.1, 0.15) is 4.49 Å². The average molecular weight is 208 g/mol. The van der Waals surface area contributed by atoms with E-state index in [2.05, 4.69) is 0 Å². The van der Waals surface area contributed by atoms with E-state index in [1.54, 1.807) is 0 Å². The second-order valence-corrected chi connectivity index (χ2v) is 4.00. The molecular formula is C8H9Cl2O2-. The highest BCUT2D eigenvalue weighted by Gasteiger charge is 2.21. The molecule has 0 saturated heterocycles. The third kappa shape index (κ3) is 2.68. The van der Waals surface area contributed by atoms with Gasteiger partial charge in [-0.15, -0.1) is 0 Å². The topological polar surface area (TPSA) is 40.1 Å². The van der Waals surface area contributed by atoms with Gasteiger partial charge < -0.3 is 9.90 Å². The zero-order chi connectivity index (χ0) is 9.14. The van der Waals surface area contributed by atoms with Gasteiger partial charge in [0.25, 0.3) is 0 Å². The standard InChI is InChI=1S/C8H10Cl2O2/c9-8(10)6-2-1-5(3-6)4-7(11)12/h5H,1-4H2,(H,11,12)/p-1/t5-/m1/s1. The number of carboxylic acid groups (broad SMARTS) is 1. The van der Waals surface area contributed by atoms with Crippen molar-refractivity contribution in [3.05, 3.63) is 10.1 Å². The summed E-state index contributed by atoms with van der Waals surface area (Å²) in [5.74, 6) is -0.829. The first kappa shape index (κ1) is 9.87. The Hall–Kier alpha value is -0.210. The molecule has 1 saturated carbocycles. The molecule has 1 rings (SSSR count). The van der Waals surface area contributed by atoms with Crippen LogP contribution in [0, 0.1) is 5.92 Å². The van der Waals surface area contributed by atoms with Crippen LogP contribution in [0.25, 0.3) is 0 Å². The monoisotopic (exact) mass is 207 g/mol. The van der Waals surface area contributed by atoms with Crippen molar-refractivity contribution in [1.82, 2.24) is 0 Å². The molecule has 0 N–H and O–H groups in total. The minimum atomic E-state index is -0.994. The van der Waals surface area contributed by atoms with Crippen LogP contribution in [0.5, 0.6) is 0 Å². The molecule has 1 aliphatic rings. The molecule has 0 aromatic rings. The predicted molar refractivity (Wildman–Crippen MR) is 45.7 cm³/mol. The van der Waals surface area contributed by atoms with Crippen LogP contribution in [-0.2, 0) is 4.79 Å². The fraction of sp³-hybridized carbons (Fsp3) is 0.625. The van der Waals surface area contributed by atoms with E-state index in [0.29, 0.717) is 10.9 Å². The third-order valence-electron chi connectivity index (χ3n) is 2.11. The molecule has 2 nitrogen and oxygen atoms in total. The van der Waals surface area contributed by atoms with Crippen LogP contribution in [0.4, 0.5) is 0 Å². The lowest BCUT2D eigenvalue weighted by molar-refractivity contribution is -0.306. The number of aliphatic carboxylic acids is 1. The normalized spacial score (nSPS) is 22.8. The number of carboxylic acids is 1. The van der Waals surface area contributed by atoms with Crippen LogP contribution in [0.3, 0.4) is 0 Å². The first-order chi connectivity index (χ1) is 5.59. The number of carbonyl (C=O) groups excluding carboxylic acids is 1. The van der Waals surface area contributed by atoms with Crippen molar-refractivity contribution in [3.63, 3.8) is 0 Å². The van der Waals surface area contributed by atoms with E-state index in [4.69, 9.17) is 23.2 Å². The van der Waals surface area contributed by atoms with Gasteiger partial charge in [-0.3, -0.25) is 0 Å². The highest BCUT2D eigenvalue weighted by Crippen LogP contribution is 2.36. The Morgan fingerprint density at radius 3 is 2.67 bits per heavy atom. The maximum Gasteiger partial charge on any atom is 0.106 e. The molecule has 68 valence electrons. The average Bonchev–Trinajstić information content (AvgIpc) is 2.34. The molecule has 0 aromatic carbocycles. The molecule has 0 bridgehead atoms. The van der Waals surface area contributed by atoms with Gasteiger partial charge in [0.15, 0.2) is 0 Å². The Balaban J connectivity index is 2.46. The van der Waals surface area contributed by atoms with Crippen LogP contribution < -0.4 is 5.11 Å². The maximum absolute atomic E-state index is 10.2. The van der Waals surface area contributed by atoms with Crippen LogP contribution in [-0.4, -0.2) is 5.97 Å². The van der Waals surface area contributed by atoms with E-state index in [0.717, 1.165) is 18.4 Å². The lowest BCUT2D eigenvalue weighted by Crippen LogP contribution is -2.24. The first-order valence-corrected chi connectivity index (χ1v) is 4.58. The molecule has 4 heteroatoms. The van der Waals surface area contributed by atoms with Crippen LogP contribution in [0.15, 0.2) is 10.1 Å². The quantitative estimate of drug-likeness (QED) is 0.691. The fourth-order valence-electron chi connectivity index (χ4n) is 1.51. The van der Waals surface area contributed by atoms with Crippen molar-refractivity contribution in [3.8, 4) is 0 Å². The molecule has 0 heterocycles. The van der Waals surface area contributed by atoms with Crippen LogP contribution in [0.1, 0.15) is 25.7 Å². The maximum atomic E-state index is 10.2. The summed E-state index contributed by atoms with van der Waals surface area (Å²) in [4.78, 5) is 10.2. The number of hydrogen-bond acceptors (Lipinski definition) is 2. The zero-order valence-corrected chi connectivity index (χ0v) is 7.99. The summed E-state index contributed by atoms with van der Waals surface area (Å²) in [5.41, 5.74) is 0.976. The fourth-order valence-corrected chi connectivity index (χ4v) is 1.86. The Bertz CT molecular complexity index is 219. The number of carbonyl (C=O) groups is 1. The molecule has 0 aromatic heterocycles. The van der Waals surface area contributed by atoms with E-state index < -0.39 is 5.97 Å². The molecule has 0 unspecified atom stereocenters. The van der Waals surface area contributed by atoms with Crippen LogP contribution >= 0.6 is 23.2 Å². The van der Waals surface area contributed by atoms with Crippen molar-refractivity contribution < 1.29 is 9.90 Å². The third-order valence-corrected chi connectivity index (χ3v) is 2.65. The Morgan fingerprint density at radius 1 is 1.58 bits per heavy atom. The summed E-state index contributed by atoms with van der Waals surface area (Å²) in [6.07, 6.45) is 2.49. The largest absolute Gasteiger partial charge is 0.550 e. The summed E-state index contributed by atoms with van der Waals surface area (Å²) >= 11 is 11.1. The molecule has 0 radical (unpaired) electrons. The van der Waals surface area contributed by atoms with Crippen molar-refractivity contribution in [2.24, 2.45) is 5.92 Å². The molecule has 1 atom stereocenters. The lowest BCUT2D eigenvalue weighted by Gasteiger charge is -2.07. The first-order valence-electron chi connectivity index (χ1n) is 3.82. The second kappa shape index (κ2) is 4.15. The number of hydrogen-bond donors (Lipinski definition) is 0. The van der Waals surface area contributed by atoms with Gasteiger partial charge in [0, 0.05) is 5.97 Å². The van der Waals surface area contributed by atoms with E-state index in [1.165, 1.54) is 0 Å². The molecule has 0 amide bonds. The second-order valence-electron chi connectivity index (χ2n) is 3.05. The summed E-state index contributed by atoms with van der Waals surface area (Å²) < 4.78 is 0.302. The number of rotatable bonds is 2. The van der Waals surface area contributed by atoms with Crippen molar-refractivity contribution >= 4 is 29.2 Å². The van der Waals surface area contributed by atoms with Gasteiger partial charge in [-0.1, -0.05) is 23.2 Å². The SMILES string of the molecule is O=C([O-])C[C@@H]1CCC(=C(Cl)Cl)C1. The molecular weight excluding hydrogens is 199 g/mol. The zero-order valence-electron chi connectivity index (χ0n) is 6.48. The minimum absolute atomic E-state index is 0.116. The lowest BCUT2D eigenvalue weighted by atomic mass is 10.0. The van der Waals surface area contributed by atoms with Gasteiger partial charge in [-0.25, -0.2) is 0 Å². The number of allylic oxidation sites excluding steroid dienone is 1. The van der Waals surface area contributed by atoms with E-state index in [1.807, 2.05) is 0 Å². The van der Waals surface area contributed by atoms with E-state index in [-0.39, 0.29) is 12.3 Å². The van der Waals surface area contributed by atoms with Crippen molar-refractivity contribution in [2.75, 3.05) is 0 Å². The molecule has 0 spiro atoms. The highest BCUT2D eigenvalue weighted by atomic mass is 35.5. The van der Waals surface area contributed by atoms with Crippen molar-refractivity contribution in [2.45, 2.75) is 25.7 Å². The Labute approximate surface area is 81.2 Å². The molecule has 0 aliphatic heterocycles. The Kier molecular flexibility index (Phi) is 3.41. The van der Waals surface area contributed by atoms with Crippen molar-refractivity contribution in [1.29, 1.82) is 0 Å². The van der Waals surface area contributed by atoms with E-state index in [9.17, 15) is 9.90 Å². The summed E-state index contributed by atoms with van der Waals surface area (Å²) in [6, 6.07) is 0. The molecule has 12 heavy (non-hydrogen) atoms. The summed E-state index contributed by atoms with van der Waals surface area (Å²) in [7, 11) is 0. The molecule has 1 fully saturated rings.